The summed E-state index contributed by atoms with van der Waals surface area (Å²) in [6, 6.07) is 3.97. The van der Waals surface area contributed by atoms with Crippen molar-refractivity contribution in [3.63, 3.8) is 0 Å². The number of aromatic hydroxyl groups is 1. The van der Waals surface area contributed by atoms with Crippen LogP contribution in [0.3, 0.4) is 0 Å². The van der Waals surface area contributed by atoms with Crippen molar-refractivity contribution in [1.82, 2.24) is 10.2 Å². The van der Waals surface area contributed by atoms with Crippen LogP contribution in [0.15, 0.2) is 26.2 Å². The van der Waals surface area contributed by atoms with Crippen LogP contribution in [0.2, 0.25) is 0 Å². The van der Waals surface area contributed by atoms with Crippen LogP contribution in [0.5, 0.6) is 5.75 Å². The molecule has 0 saturated carbocycles. The van der Waals surface area contributed by atoms with Crippen molar-refractivity contribution in [3.8, 4) is 5.75 Å². The number of nitrogens with one attached hydrogen (secondary N) is 1. The third-order valence-electron chi connectivity index (χ3n) is 3.32. The van der Waals surface area contributed by atoms with E-state index in [2.05, 4.69) is 51.7 Å². The number of hydrogen-bond acceptors (Lipinski definition) is 5. The van der Waals surface area contributed by atoms with Crippen molar-refractivity contribution in [3.05, 3.63) is 32.9 Å². The Balaban J connectivity index is 2.57. The number of phenols is 1. The van der Waals surface area contributed by atoms with Crippen molar-refractivity contribution < 1.29 is 5.11 Å². The molecule has 0 amide bonds. The fourth-order valence-corrected chi connectivity index (χ4v) is 3.84. The molecule has 1 aromatic heterocycles. The normalized spacial score (nSPS) is 12.6. The maximum Gasteiger partial charge on any atom is 0.323 e. The Hall–Kier alpha value is -1.27. The van der Waals surface area contributed by atoms with E-state index in [1.807, 2.05) is 12.1 Å². The number of nitrogens with zero attached hydrogens (tertiary/aromatic N) is 1. The fourth-order valence-electron chi connectivity index (χ4n) is 2.17. The fraction of sp³-hybridized carbons (Fsp3) is 0.500. The van der Waals surface area contributed by atoms with Crippen LogP contribution in [0.4, 0.5) is 0 Å². The van der Waals surface area contributed by atoms with Gasteiger partial charge in [0.05, 0.1) is 0 Å². The second-order valence-electron chi connectivity index (χ2n) is 7.35. The highest BCUT2D eigenvalue weighted by Gasteiger charge is 2.26. The molecular weight excluding hydrogens is 316 g/mol. The van der Waals surface area contributed by atoms with Gasteiger partial charge in [0.1, 0.15) is 5.75 Å². The molecule has 0 bridgehead atoms. The average Bonchev–Trinajstić information content (AvgIpc) is 2.74. The number of aromatic amines is 1. The monoisotopic (exact) mass is 338 g/mol. The summed E-state index contributed by atoms with van der Waals surface area (Å²) in [5.41, 5.74) is 1.48. The van der Waals surface area contributed by atoms with Gasteiger partial charge in [0.25, 0.3) is 0 Å². The Bertz CT molecular complexity index is 699. The minimum absolute atomic E-state index is 0.159. The zero-order valence-corrected chi connectivity index (χ0v) is 15.4. The number of H-pyrrole nitrogens is 1. The van der Waals surface area contributed by atoms with E-state index in [1.54, 1.807) is 0 Å². The third kappa shape index (κ3) is 3.73. The SMILES string of the molecule is CC(C)(C)c1cc(Sc2n[nH]c(=O)s2)cc(C(C)(C)C)c1O. The van der Waals surface area contributed by atoms with E-state index in [9.17, 15) is 9.90 Å². The van der Waals surface area contributed by atoms with Gasteiger partial charge >= 0.3 is 4.87 Å². The van der Waals surface area contributed by atoms with Gasteiger partial charge in [0, 0.05) is 16.0 Å². The molecule has 2 N–H and O–H groups in total. The van der Waals surface area contributed by atoms with E-state index in [-0.39, 0.29) is 15.7 Å². The van der Waals surface area contributed by atoms with Gasteiger partial charge in [0.2, 0.25) is 0 Å². The molecular formula is C16H22N2O2S2. The zero-order valence-electron chi connectivity index (χ0n) is 13.8. The molecule has 0 unspecified atom stereocenters. The summed E-state index contributed by atoms with van der Waals surface area (Å²) >= 11 is 2.53. The molecule has 0 saturated heterocycles. The van der Waals surface area contributed by atoms with Gasteiger partial charge in [-0.25, -0.2) is 5.10 Å². The highest BCUT2D eigenvalue weighted by atomic mass is 32.2. The van der Waals surface area contributed by atoms with Crippen molar-refractivity contribution in [1.29, 1.82) is 0 Å². The first kappa shape index (κ1) is 17.1. The van der Waals surface area contributed by atoms with Gasteiger partial charge in [-0.3, -0.25) is 4.79 Å². The lowest BCUT2D eigenvalue weighted by molar-refractivity contribution is 0.422. The predicted molar refractivity (Wildman–Crippen MR) is 92.4 cm³/mol. The predicted octanol–water partition coefficient (Wildman–Crippen LogP) is 4.28. The molecule has 0 fully saturated rings. The standard InChI is InChI=1S/C16H22N2O2S2/c1-15(2,3)10-7-9(21-14-18-17-13(20)22-14)8-11(12(10)19)16(4,5)6/h7-8,19H,1-6H3,(H,17,20). The van der Waals surface area contributed by atoms with Crippen LogP contribution in [0.1, 0.15) is 52.7 Å². The highest BCUT2D eigenvalue weighted by Crippen LogP contribution is 2.42. The van der Waals surface area contributed by atoms with Crippen LogP contribution in [-0.4, -0.2) is 15.3 Å². The van der Waals surface area contributed by atoms with E-state index in [4.69, 9.17) is 0 Å². The van der Waals surface area contributed by atoms with Crippen LogP contribution in [0.25, 0.3) is 0 Å². The van der Waals surface area contributed by atoms with Gasteiger partial charge in [-0.1, -0.05) is 53.3 Å². The first-order valence-corrected chi connectivity index (χ1v) is 8.73. The Labute approximate surface area is 139 Å². The van der Waals surface area contributed by atoms with Gasteiger partial charge in [-0.2, -0.15) is 5.10 Å². The molecule has 0 aliphatic heterocycles. The third-order valence-corrected chi connectivity index (χ3v) is 5.10. The summed E-state index contributed by atoms with van der Waals surface area (Å²) in [4.78, 5) is 12.1. The number of rotatable bonds is 2. The molecule has 0 aliphatic rings. The van der Waals surface area contributed by atoms with Crippen molar-refractivity contribution >= 4 is 23.1 Å². The summed E-state index contributed by atoms with van der Waals surface area (Å²) in [5, 5.41) is 17.1. The summed E-state index contributed by atoms with van der Waals surface area (Å²) in [5.74, 6) is 0.361. The Morgan fingerprint density at radius 1 is 1.09 bits per heavy atom. The molecule has 0 aliphatic carbocycles. The lowest BCUT2D eigenvalue weighted by atomic mass is 9.79. The van der Waals surface area contributed by atoms with Gasteiger partial charge in [-0.05, 0) is 34.3 Å². The second kappa shape index (κ2) is 5.74. The average molecular weight is 338 g/mol. The van der Waals surface area contributed by atoms with Crippen LogP contribution in [0, 0.1) is 0 Å². The molecule has 4 nitrogen and oxygen atoms in total. The summed E-state index contributed by atoms with van der Waals surface area (Å²) in [6.45, 7) is 12.5. The first-order chi connectivity index (χ1) is 9.98. The molecule has 0 spiro atoms. The minimum atomic E-state index is -0.167. The topological polar surface area (TPSA) is 66.0 Å². The first-order valence-electron chi connectivity index (χ1n) is 7.10. The number of benzene rings is 1. The molecule has 0 atom stereocenters. The highest BCUT2D eigenvalue weighted by molar-refractivity contribution is 8.01. The summed E-state index contributed by atoms with van der Waals surface area (Å²) in [7, 11) is 0. The second-order valence-corrected chi connectivity index (χ2v) is 9.63. The summed E-state index contributed by atoms with van der Waals surface area (Å²) in [6.07, 6.45) is 0. The van der Waals surface area contributed by atoms with E-state index in [0.29, 0.717) is 10.1 Å². The van der Waals surface area contributed by atoms with Crippen LogP contribution < -0.4 is 4.87 Å². The van der Waals surface area contributed by atoms with E-state index in [0.717, 1.165) is 27.4 Å². The van der Waals surface area contributed by atoms with E-state index < -0.39 is 0 Å². The maximum absolute atomic E-state index is 11.2. The Kier molecular flexibility index (Phi) is 4.46. The lowest BCUT2D eigenvalue weighted by Gasteiger charge is -2.28. The lowest BCUT2D eigenvalue weighted by Crippen LogP contribution is -2.17. The van der Waals surface area contributed by atoms with Crippen molar-refractivity contribution in [2.45, 2.75) is 61.6 Å². The minimum Gasteiger partial charge on any atom is -0.507 e. The Morgan fingerprint density at radius 3 is 1.95 bits per heavy atom. The van der Waals surface area contributed by atoms with Crippen LogP contribution in [-0.2, 0) is 10.8 Å². The number of aromatic nitrogens is 2. The number of hydrogen-bond donors (Lipinski definition) is 2. The quantitative estimate of drug-likeness (QED) is 0.857. The van der Waals surface area contributed by atoms with E-state index >= 15 is 0 Å². The van der Waals surface area contributed by atoms with Crippen molar-refractivity contribution in [2.75, 3.05) is 0 Å². The smallest absolute Gasteiger partial charge is 0.323 e. The van der Waals surface area contributed by atoms with Gasteiger partial charge in [-0.15, -0.1) is 0 Å². The van der Waals surface area contributed by atoms with Crippen LogP contribution >= 0.6 is 23.1 Å². The molecule has 2 aromatic rings. The maximum atomic E-state index is 11.2. The molecule has 120 valence electrons. The Morgan fingerprint density at radius 2 is 1.59 bits per heavy atom. The summed E-state index contributed by atoms with van der Waals surface area (Å²) < 4.78 is 0.676. The van der Waals surface area contributed by atoms with Crippen molar-refractivity contribution in [2.24, 2.45) is 0 Å². The zero-order chi connectivity index (χ0) is 16.7. The molecule has 1 heterocycles. The van der Waals surface area contributed by atoms with E-state index in [1.165, 1.54) is 11.8 Å². The number of phenolic OH excluding ortho intramolecular Hbond substituents is 1. The molecule has 0 radical (unpaired) electrons. The molecule has 1 aromatic carbocycles. The molecule has 22 heavy (non-hydrogen) atoms. The van der Waals surface area contributed by atoms with Gasteiger partial charge in [0.15, 0.2) is 4.34 Å². The molecule has 2 rings (SSSR count). The molecule has 6 heteroatoms. The van der Waals surface area contributed by atoms with Gasteiger partial charge < -0.3 is 5.11 Å². The largest absolute Gasteiger partial charge is 0.507 e.